The molecule has 1 amide bonds. The lowest BCUT2D eigenvalue weighted by molar-refractivity contribution is -0.227. The number of hydrogen-bond acceptors (Lipinski definition) is 3. The second kappa shape index (κ2) is 5.80. The number of halogens is 1. The summed E-state index contributed by atoms with van der Waals surface area (Å²) in [5.41, 5.74) is -0.0559. The molecule has 0 unspecified atom stereocenters. The van der Waals surface area contributed by atoms with Crippen LogP contribution in [0.25, 0.3) is 0 Å². The van der Waals surface area contributed by atoms with Gasteiger partial charge in [-0.05, 0) is 49.8 Å². The summed E-state index contributed by atoms with van der Waals surface area (Å²) in [6.07, 6.45) is 3.20. The molecule has 0 atom stereocenters. The molecule has 3 saturated carbocycles. The number of carboxylic acids is 1. The Labute approximate surface area is 145 Å². The van der Waals surface area contributed by atoms with E-state index in [0.717, 1.165) is 18.4 Å². The second-order valence-corrected chi connectivity index (χ2v) is 7.83. The minimum absolute atomic E-state index is 0.104. The lowest BCUT2D eigenvalue weighted by Crippen LogP contribution is -2.71. The van der Waals surface area contributed by atoms with Crippen molar-refractivity contribution in [2.24, 2.45) is 10.8 Å². The van der Waals surface area contributed by atoms with Crippen molar-refractivity contribution in [1.29, 1.82) is 0 Å². The third kappa shape index (κ3) is 2.72. The van der Waals surface area contributed by atoms with Gasteiger partial charge in [0.05, 0.1) is 23.5 Å². The van der Waals surface area contributed by atoms with E-state index in [1.54, 1.807) is 12.1 Å². The summed E-state index contributed by atoms with van der Waals surface area (Å²) in [5.74, 6) is -0.878. The predicted octanol–water partition coefficient (Wildman–Crippen LogP) is 2.59. The molecule has 3 aliphatic carbocycles. The number of likely N-dealkylation sites (tertiary alicyclic amines) is 1. The number of hydrogen-bond donors (Lipinski definition) is 1. The minimum atomic E-state index is -0.755. The number of carbonyl (C=O) groups excluding carboxylic acids is 1. The molecule has 6 heteroatoms. The molecule has 2 bridgehead atoms. The zero-order valence-corrected chi connectivity index (χ0v) is 14.0. The number of carbonyl (C=O) groups is 2. The summed E-state index contributed by atoms with van der Waals surface area (Å²) >= 11 is 0. The van der Waals surface area contributed by atoms with Crippen molar-refractivity contribution in [1.82, 2.24) is 4.90 Å². The van der Waals surface area contributed by atoms with Crippen LogP contribution in [0.2, 0.25) is 0 Å². The predicted molar refractivity (Wildman–Crippen MR) is 87.1 cm³/mol. The van der Waals surface area contributed by atoms with Crippen molar-refractivity contribution < 1.29 is 23.8 Å². The van der Waals surface area contributed by atoms with Crippen molar-refractivity contribution >= 4 is 11.9 Å². The lowest BCUT2D eigenvalue weighted by atomic mass is 9.34. The minimum Gasteiger partial charge on any atom is -0.481 e. The van der Waals surface area contributed by atoms with Gasteiger partial charge in [0.15, 0.2) is 0 Å². The molecular formula is C19H22FNO4. The highest BCUT2D eigenvalue weighted by Gasteiger charge is 2.75. The monoisotopic (exact) mass is 347 g/mol. The molecule has 4 aliphatic rings. The average Bonchev–Trinajstić information content (AvgIpc) is 2.52. The largest absolute Gasteiger partial charge is 0.481 e. The van der Waals surface area contributed by atoms with Crippen molar-refractivity contribution in [3.05, 3.63) is 35.6 Å². The smallest absolute Gasteiger partial charge is 0.309 e. The average molecular weight is 347 g/mol. The van der Waals surface area contributed by atoms with Gasteiger partial charge in [0.1, 0.15) is 5.82 Å². The molecule has 0 aromatic heterocycles. The molecule has 1 saturated heterocycles. The van der Waals surface area contributed by atoms with Crippen LogP contribution < -0.4 is 0 Å². The molecule has 0 radical (unpaired) electrons. The van der Waals surface area contributed by atoms with E-state index in [2.05, 4.69) is 0 Å². The molecule has 25 heavy (non-hydrogen) atoms. The van der Waals surface area contributed by atoms with Gasteiger partial charge in [-0.15, -0.1) is 0 Å². The maximum Gasteiger partial charge on any atom is 0.309 e. The number of benzene rings is 1. The van der Waals surface area contributed by atoms with Gasteiger partial charge in [0.2, 0.25) is 5.91 Å². The molecule has 0 spiro atoms. The van der Waals surface area contributed by atoms with Gasteiger partial charge in [-0.1, -0.05) is 12.1 Å². The fourth-order valence-electron chi connectivity index (χ4n) is 4.60. The van der Waals surface area contributed by atoms with Gasteiger partial charge >= 0.3 is 5.97 Å². The van der Waals surface area contributed by atoms with Gasteiger partial charge in [0.25, 0.3) is 0 Å². The van der Waals surface area contributed by atoms with Crippen LogP contribution in [-0.2, 0) is 20.9 Å². The van der Waals surface area contributed by atoms with Crippen LogP contribution in [0.1, 0.15) is 37.7 Å². The van der Waals surface area contributed by atoms with Gasteiger partial charge in [0, 0.05) is 13.1 Å². The fourth-order valence-corrected chi connectivity index (χ4v) is 4.60. The Morgan fingerprint density at radius 3 is 2.28 bits per heavy atom. The molecule has 1 aliphatic heterocycles. The number of piperidine rings is 1. The summed E-state index contributed by atoms with van der Waals surface area (Å²) in [7, 11) is 0. The number of ether oxygens (including phenoxy) is 1. The van der Waals surface area contributed by atoms with Gasteiger partial charge in [-0.25, -0.2) is 4.39 Å². The van der Waals surface area contributed by atoms with Gasteiger partial charge in [-0.3, -0.25) is 9.59 Å². The lowest BCUT2D eigenvalue weighted by Gasteiger charge is -2.67. The quantitative estimate of drug-likeness (QED) is 0.889. The first-order chi connectivity index (χ1) is 11.9. The van der Waals surface area contributed by atoms with E-state index in [1.807, 2.05) is 4.90 Å². The van der Waals surface area contributed by atoms with Crippen molar-refractivity contribution in [3.8, 4) is 0 Å². The molecule has 1 aromatic carbocycles. The van der Waals surface area contributed by atoms with E-state index in [9.17, 15) is 19.1 Å². The zero-order chi connectivity index (χ0) is 17.7. The summed E-state index contributed by atoms with van der Waals surface area (Å²) in [6, 6.07) is 6.28. The standard InChI is InChI=1S/C19H22FNO4/c20-14-3-1-13(2-4-14)9-25-15-5-7-21(8-6-15)16(22)18-10-19(11-18,12-18)17(23)24/h1-4,15H,5-12H2,(H,23,24). The van der Waals surface area contributed by atoms with Crippen LogP contribution in [-0.4, -0.2) is 41.1 Å². The summed E-state index contributed by atoms with van der Waals surface area (Å²) < 4.78 is 18.8. The highest BCUT2D eigenvalue weighted by atomic mass is 19.1. The van der Waals surface area contributed by atoms with Gasteiger partial charge in [-0.2, -0.15) is 0 Å². The Morgan fingerprint density at radius 2 is 1.72 bits per heavy atom. The van der Waals surface area contributed by atoms with Crippen LogP contribution in [0.3, 0.4) is 0 Å². The van der Waals surface area contributed by atoms with Crippen molar-refractivity contribution in [2.75, 3.05) is 13.1 Å². The van der Waals surface area contributed by atoms with E-state index in [1.165, 1.54) is 12.1 Å². The first kappa shape index (κ1) is 16.5. The second-order valence-electron chi connectivity index (χ2n) is 7.83. The topological polar surface area (TPSA) is 66.8 Å². The Bertz CT molecular complexity index is 674. The van der Waals surface area contributed by atoms with E-state index >= 15 is 0 Å². The Balaban J connectivity index is 1.23. The molecule has 134 valence electrons. The van der Waals surface area contributed by atoms with Crippen molar-refractivity contribution in [2.45, 2.75) is 44.8 Å². The molecule has 1 aromatic rings. The number of rotatable bonds is 5. The summed E-state index contributed by atoms with van der Waals surface area (Å²) in [6.45, 7) is 1.77. The molecule has 4 fully saturated rings. The Kier molecular flexibility index (Phi) is 3.83. The Hall–Kier alpha value is -1.95. The zero-order valence-electron chi connectivity index (χ0n) is 14.0. The number of aliphatic carboxylic acids is 1. The van der Waals surface area contributed by atoms with Crippen LogP contribution in [0.15, 0.2) is 24.3 Å². The van der Waals surface area contributed by atoms with E-state index in [-0.39, 0.29) is 23.2 Å². The molecule has 1 N–H and O–H groups in total. The normalized spacial score (nSPS) is 31.2. The molecule has 5 rings (SSSR count). The van der Waals surface area contributed by atoms with E-state index in [4.69, 9.17) is 4.74 Å². The SMILES string of the molecule is O=C(O)C12CC(C(=O)N3CCC(OCc4ccc(F)cc4)CC3)(C1)C2. The first-order valence-corrected chi connectivity index (χ1v) is 8.81. The van der Waals surface area contributed by atoms with E-state index < -0.39 is 11.4 Å². The third-order valence-electron chi connectivity index (χ3n) is 6.07. The molecular weight excluding hydrogens is 325 g/mol. The number of amides is 1. The Morgan fingerprint density at radius 1 is 1.12 bits per heavy atom. The van der Waals surface area contributed by atoms with Crippen molar-refractivity contribution in [3.63, 3.8) is 0 Å². The van der Waals surface area contributed by atoms with Gasteiger partial charge < -0.3 is 14.7 Å². The highest BCUT2D eigenvalue weighted by molar-refractivity contribution is 5.93. The number of nitrogens with zero attached hydrogens (tertiary/aromatic N) is 1. The van der Waals surface area contributed by atoms with Crippen LogP contribution in [0, 0.1) is 16.6 Å². The third-order valence-corrected chi connectivity index (χ3v) is 6.07. The van der Waals surface area contributed by atoms with E-state index in [0.29, 0.717) is 39.0 Å². The highest BCUT2D eigenvalue weighted by Crippen LogP contribution is 2.73. The summed E-state index contributed by atoms with van der Waals surface area (Å²) in [5, 5.41) is 9.18. The van der Waals surface area contributed by atoms with Crippen LogP contribution >= 0.6 is 0 Å². The molecule has 5 nitrogen and oxygen atoms in total. The van der Waals surface area contributed by atoms with Crippen LogP contribution in [0.5, 0.6) is 0 Å². The summed E-state index contributed by atoms with van der Waals surface area (Å²) in [4.78, 5) is 25.7. The number of carboxylic acid groups (broad SMARTS) is 1. The molecule has 1 heterocycles. The maximum atomic E-state index is 12.9. The fraction of sp³-hybridized carbons (Fsp3) is 0.579. The maximum absolute atomic E-state index is 12.9. The first-order valence-electron chi connectivity index (χ1n) is 8.81. The van der Waals surface area contributed by atoms with Crippen LogP contribution in [0.4, 0.5) is 4.39 Å².